The summed E-state index contributed by atoms with van der Waals surface area (Å²) in [6, 6.07) is 52.4. The van der Waals surface area contributed by atoms with Crippen LogP contribution in [0.15, 0.2) is 140 Å². The molecule has 0 spiro atoms. The Morgan fingerprint density at radius 2 is 1.25 bits per heavy atom. The van der Waals surface area contributed by atoms with Crippen molar-refractivity contribution in [1.82, 2.24) is 4.57 Å². The first-order valence-corrected chi connectivity index (χ1v) is 20.6. The fraction of sp³-hybridized carbons (Fsp3) is 0.164. The summed E-state index contributed by atoms with van der Waals surface area (Å²) in [7, 11) is 0. The molecule has 56 heavy (non-hydrogen) atoms. The van der Waals surface area contributed by atoms with Crippen molar-refractivity contribution in [2.24, 2.45) is 5.92 Å². The van der Waals surface area contributed by atoms with Gasteiger partial charge in [-0.25, -0.2) is 0 Å². The molecule has 8 aromatic rings. The first-order valence-electron chi connectivity index (χ1n) is 20.6. The van der Waals surface area contributed by atoms with Crippen molar-refractivity contribution in [3.05, 3.63) is 194 Å². The molecule has 4 aliphatic carbocycles. The summed E-state index contributed by atoms with van der Waals surface area (Å²) in [6.45, 7) is 4.96. The molecule has 0 bridgehead atoms. The van der Waals surface area contributed by atoms with Gasteiger partial charge in [0.2, 0.25) is 0 Å². The highest BCUT2D eigenvalue weighted by molar-refractivity contribution is 6.14. The van der Waals surface area contributed by atoms with Crippen LogP contribution in [0, 0.1) is 5.92 Å². The van der Waals surface area contributed by atoms with Crippen molar-refractivity contribution in [3.63, 3.8) is 0 Å². The SMILES string of the molecule is CC1(C)c2ccccc2C2=c3ccccc3=C(c3c4c(c(C5=Cc6c(n(-c7ccccc7)c7ccc8ccccc8c67)CC5)c5ccccc35)=CCCC=4)CC21. The lowest BCUT2D eigenvalue weighted by atomic mass is 9.70. The van der Waals surface area contributed by atoms with Gasteiger partial charge in [0.1, 0.15) is 0 Å². The van der Waals surface area contributed by atoms with Crippen LogP contribution < -0.4 is 20.9 Å². The number of allylic oxidation sites excluding steroid dienone is 1. The van der Waals surface area contributed by atoms with Gasteiger partial charge in [0.05, 0.1) is 5.52 Å². The van der Waals surface area contributed by atoms with Crippen molar-refractivity contribution in [3.8, 4) is 5.69 Å². The average molecular weight is 718 g/mol. The van der Waals surface area contributed by atoms with Gasteiger partial charge >= 0.3 is 0 Å². The van der Waals surface area contributed by atoms with Gasteiger partial charge < -0.3 is 4.57 Å². The second-order valence-electron chi connectivity index (χ2n) is 17.0. The van der Waals surface area contributed by atoms with E-state index < -0.39 is 0 Å². The van der Waals surface area contributed by atoms with E-state index in [0.717, 1.165) is 32.1 Å². The fourth-order valence-corrected chi connectivity index (χ4v) is 11.4. The lowest BCUT2D eigenvalue weighted by molar-refractivity contribution is 0.417. The number of nitrogens with zero attached hydrogens (tertiary/aromatic N) is 1. The zero-order valence-electron chi connectivity index (χ0n) is 32.1. The average Bonchev–Trinajstić information content (AvgIpc) is 3.71. The molecule has 1 heteroatoms. The maximum absolute atomic E-state index is 2.58. The molecule has 7 aromatic carbocycles. The molecule has 0 radical (unpaired) electrons. The second kappa shape index (κ2) is 11.9. The highest BCUT2D eigenvalue weighted by Gasteiger charge is 2.44. The molecule has 1 unspecified atom stereocenters. The zero-order chi connectivity index (χ0) is 37.1. The van der Waals surface area contributed by atoms with E-state index in [4.69, 9.17) is 0 Å². The van der Waals surface area contributed by atoms with E-state index in [1.807, 2.05) is 0 Å². The summed E-state index contributed by atoms with van der Waals surface area (Å²) in [5, 5.41) is 12.5. The highest BCUT2D eigenvalue weighted by Crippen LogP contribution is 2.52. The van der Waals surface area contributed by atoms with E-state index in [9.17, 15) is 0 Å². The summed E-state index contributed by atoms with van der Waals surface area (Å²) in [5.74, 6) is 0.419. The quantitative estimate of drug-likeness (QED) is 0.172. The normalized spacial score (nSPS) is 17.8. The smallest absolute Gasteiger partial charge is 0.0544 e. The Morgan fingerprint density at radius 1 is 0.589 bits per heavy atom. The number of hydrogen-bond acceptors (Lipinski definition) is 0. The Bertz CT molecular complexity index is 3300. The first kappa shape index (κ1) is 32.1. The summed E-state index contributed by atoms with van der Waals surface area (Å²) in [5.41, 5.74) is 15.7. The lowest BCUT2D eigenvalue weighted by Crippen LogP contribution is -2.41. The fourth-order valence-electron chi connectivity index (χ4n) is 11.4. The predicted octanol–water partition coefficient (Wildman–Crippen LogP) is 10.5. The predicted molar refractivity (Wildman–Crippen MR) is 237 cm³/mol. The van der Waals surface area contributed by atoms with Gasteiger partial charge in [-0.2, -0.15) is 0 Å². The minimum Gasteiger partial charge on any atom is -0.313 e. The van der Waals surface area contributed by atoms with Crippen LogP contribution >= 0.6 is 0 Å². The molecule has 0 saturated heterocycles. The zero-order valence-corrected chi connectivity index (χ0v) is 32.1. The van der Waals surface area contributed by atoms with Crippen molar-refractivity contribution in [2.75, 3.05) is 0 Å². The largest absolute Gasteiger partial charge is 0.313 e. The number of hydrogen-bond donors (Lipinski definition) is 0. The molecular formula is C55H43N. The second-order valence-corrected chi connectivity index (χ2v) is 17.0. The van der Waals surface area contributed by atoms with Gasteiger partial charge in [-0.05, 0) is 149 Å². The molecule has 0 N–H and O–H groups in total. The van der Waals surface area contributed by atoms with E-state index in [1.165, 1.54) is 104 Å². The van der Waals surface area contributed by atoms with Gasteiger partial charge in [-0.15, -0.1) is 0 Å². The molecule has 1 heterocycles. The summed E-state index contributed by atoms with van der Waals surface area (Å²) in [6.07, 6.45) is 12.9. The Morgan fingerprint density at radius 3 is 2.07 bits per heavy atom. The molecule has 0 saturated carbocycles. The van der Waals surface area contributed by atoms with Crippen LogP contribution in [0.2, 0.25) is 0 Å². The van der Waals surface area contributed by atoms with Gasteiger partial charge in [0, 0.05) is 22.3 Å². The van der Waals surface area contributed by atoms with Crippen molar-refractivity contribution in [2.45, 2.75) is 51.4 Å². The van der Waals surface area contributed by atoms with E-state index in [0.29, 0.717) is 5.92 Å². The molecule has 268 valence electrons. The minimum atomic E-state index is 0.0457. The van der Waals surface area contributed by atoms with Crippen LogP contribution in [-0.4, -0.2) is 4.57 Å². The third-order valence-electron chi connectivity index (χ3n) is 13.8. The van der Waals surface area contributed by atoms with Crippen molar-refractivity contribution in [1.29, 1.82) is 0 Å². The lowest BCUT2D eigenvalue weighted by Gasteiger charge is -2.33. The molecule has 1 nitrogen and oxygen atoms in total. The molecular weight excluding hydrogens is 675 g/mol. The molecule has 4 aliphatic rings. The van der Waals surface area contributed by atoms with Crippen LogP contribution in [0.1, 0.15) is 73.0 Å². The number of para-hydroxylation sites is 1. The van der Waals surface area contributed by atoms with E-state index in [2.05, 4.69) is 176 Å². The van der Waals surface area contributed by atoms with Crippen LogP contribution in [0.25, 0.3) is 73.1 Å². The van der Waals surface area contributed by atoms with E-state index in [1.54, 1.807) is 5.57 Å². The Hall–Kier alpha value is -6.18. The highest BCUT2D eigenvalue weighted by atomic mass is 15.0. The van der Waals surface area contributed by atoms with Crippen LogP contribution in [0.5, 0.6) is 0 Å². The van der Waals surface area contributed by atoms with Crippen LogP contribution in [-0.2, 0) is 11.8 Å². The Balaban J connectivity index is 1.16. The van der Waals surface area contributed by atoms with Crippen LogP contribution in [0.3, 0.4) is 0 Å². The monoisotopic (exact) mass is 717 g/mol. The maximum Gasteiger partial charge on any atom is 0.0544 e. The third kappa shape index (κ3) is 4.37. The Kier molecular flexibility index (Phi) is 6.83. The molecule has 0 aliphatic heterocycles. The number of benzene rings is 7. The molecule has 1 aromatic heterocycles. The first-order chi connectivity index (χ1) is 27.6. The molecule has 0 amide bonds. The standard InChI is InChI=1S/C55H43N/c1-55(2)47-27-15-14-26-44(47)53-39-21-9-8-20-38(39)45(33-48(53)55)52-42-24-12-10-22-40(42)51(41-23-11-13-25-43(41)52)35-29-30-49-46(32-35)54-37-19-7-6-16-34(37)28-31-50(54)56(49)36-17-4-3-5-18-36/h3-10,12,14-28,31-32,48H,11,13,29-30,33H2,1-2H3. The van der Waals surface area contributed by atoms with E-state index in [-0.39, 0.29) is 5.41 Å². The van der Waals surface area contributed by atoms with Gasteiger partial charge in [0.15, 0.2) is 0 Å². The third-order valence-corrected chi connectivity index (χ3v) is 13.8. The van der Waals surface area contributed by atoms with Gasteiger partial charge in [-0.1, -0.05) is 147 Å². The molecule has 0 fully saturated rings. The number of aromatic nitrogens is 1. The number of fused-ring (bicyclic) bond motifs is 11. The topological polar surface area (TPSA) is 4.93 Å². The summed E-state index contributed by atoms with van der Waals surface area (Å²) in [4.78, 5) is 0. The summed E-state index contributed by atoms with van der Waals surface area (Å²) >= 11 is 0. The number of rotatable bonds is 3. The Labute approximate surface area is 327 Å². The maximum atomic E-state index is 2.58. The van der Waals surface area contributed by atoms with Gasteiger partial charge in [0.25, 0.3) is 0 Å². The van der Waals surface area contributed by atoms with Crippen molar-refractivity contribution < 1.29 is 0 Å². The minimum absolute atomic E-state index is 0.0457. The summed E-state index contributed by atoms with van der Waals surface area (Å²) < 4.78 is 2.53. The van der Waals surface area contributed by atoms with Crippen LogP contribution in [0.4, 0.5) is 0 Å². The van der Waals surface area contributed by atoms with E-state index >= 15 is 0 Å². The van der Waals surface area contributed by atoms with Gasteiger partial charge in [-0.3, -0.25) is 0 Å². The molecule has 1 atom stereocenters. The van der Waals surface area contributed by atoms with Crippen molar-refractivity contribution >= 4 is 67.4 Å². The molecule has 12 rings (SSSR count).